The SMILES string of the molecule is CCOc1ccc(CN2CCN(S(=O)(=O)c3ccc(Cl)cc3F)CC2)cc1. The van der Waals surface area contributed by atoms with Crippen LogP contribution >= 0.6 is 11.6 Å². The van der Waals surface area contributed by atoms with E-state index in [4.69, 9.17) is 16.3 Å². The number of hydrogen-bond acceptors (Lipinski definition) is 4. The van der Waals surface area contributed by atoms with E-state index in [-0.39, 0.29) is 9.92 Å². The second-order valence-corrected chi connectivity index (χ2v) is 8.67. The highest BCUT2D eigenvalue weighted by atomic mass is 35.5. The molecular weight excluding hydrogens is 391 g/mol. The summed E-state index contributed by atoms with van der Waals surface area (Å²) in [7, 11) is -3.86. The van der Waals surface area contributed by atoms with Crippen LogP contribution in [-0.4, -0.2) is 50.4 Å². The molecule has 2 aromatic rings. The molecule has 1 saturated heterocycles. The molecule has 0 unspecified atom stereocenters. The van der Waals surface area contributed by atoms with Gasteiger partial charge in [-0.05, 0) is 42.8 Å². The highest BCUT2D eigenvalue weighted by Gasteiger charge is 2.30. The van der Waals surface area contributed by atoms with E-state index in [1.54, 1.807) is 0 Å². The van der Waals surface area contributed by atoms with Crippen LogP contribution in [0.5, 0.6) is 5.75 Å². The molecule has 0 saturated carbocycles. The fourth-order valence-electron chi connectivity index (χ4n) is 3.07. The predicted molar refractivity (Wildman–Crippen MR) is 103 cm³/mol. The molecule has 0 spiro atoms. The topological polar surface area (TPSA) is 49.9 Å². The van der Waals surface area contributed by atoms with Crippen LogP contribution in [0.4, 0.5) is 4.39 Å². The van der Waals surface area contributed by atoms with Gasteiger partial charge in [-0.15, -0.1) is 0 Å². The molecule has 0 amide bonds. The highest BCUT2D eigenvalue weighted by molar-refractivity contribution is 7.89. The summed E-state index contributed by atoms with van der Waals surface area (Å²) in [6, 6.07) is 11.5. The highest BCUT2D eigenvalue weighted by Crippen LogP contribution is 2.24. The number of halogens is 2. The minimum absolute atomic E-state index is 0.173. The van der Waals surface area contributed by atoms with Gasteiger partial charge in [0.05, 0.1) is 6.61 Å². The zero-order valence-corrected chi connectivity index (χ0v) is 16.6. The Kier molecular flexibility index (Phi) is 6.37. The van der Waals surface area contributed by atoms with Crippen molar-refractivity contribution in [3.8, 4) is 5.75 Å². The fraction of sp³-hybridized carbons (Fsp3) is 0.368. The van der Waals surface area contributed by atoms with E-state index in [0.717, 1.165) is 23.9 Å². The van der Waals surface area contributed by atoms with E-state index in [0.29, 0.717) is 32.8 Å². The van der Waals surface area contributed by atoms with Crippen LogP contribution in [0.25, 0.3) is 0 Å². The first-order valence-electron chi connectivity index (χ1n) is 8.79. The lowest BCUT2D eigenvalue weighted by Crippen LogP contribution is -2.48. The first-order valence-corrected chi connectivity index (χ1v) is 10.6. The maximum absolute atomic E-state index is 14.0. The Morgan fingerprint density at radius 2 is 1.74 bits per heavy atom. The first kappa shape index (κ1) is 20.1. The Morgan fingerprint density at radius 1 is 1.07 bits per heavy atom. The van der Waals surface area contributed by atoms with Gasteiger partial charge >= 0.3 is 0 Å². The predicted octanol–water partition coefficient (Wildman–Crippen LogP) is 3.38. The van der Waals surface area contributed by atoms with Crippen molar-refractivity contribution in [1.82, 2.24) is 9.21 Å². The van der Waals surface area contributed by atoms with Gasteiger partial charge in [-0.2, -0.15) is 4.31 Å². The van der Waals surface area contributed by atoms with Crippen LogP contribution in [0.3, 0.4) is 0 Å². The first-order chi connectivity index (χ1) is 12.9. The molecule has 8 heteroatoms. The molecule has 146 valence electrons. The molecule has 1 aliphatic rings. The van der Waals surface area contributed by atoms with Gasteiger partial charge in [0.2, 0.25) is 10.0 Å². The Bertz CT molecular complexity index is 882. The van der Waals surface area contributed by atoms with Gasteiger partial charge in [0, 0.05) is 37.7 Å². The molecule has 27 heavy (non-hydrogen) atoms. The van der Waals surface area contributed by atoms with Crippen molar-refractivity contribution in [3.63, 3.8) is 0 Å². The number of hydrogen-bond donors (Lipinski definition) is 0. The van der Waals surface area contributed by atoms with Gasteiger partial charge in [0.25, 0.3) is 0 Å². The van der Waals surface area contributed by atoms with E-state index in [9.17, 15) is 12.8 Å². The summed E-state index contributed by atoms with van der Waals surface area (Å²) in [6.07, 6.45) is 0. The Morgan fingerprint density at radius 3 is 2.33 bits per heavy atom. The van der Waals surface area contributed by atoms with Crippen LogP contribution in [0.1, 0.15) is 12.5 Å². The van der Waals surface area contributed by atoms with Gasteiger partial charge in [-0.3, -0.25) is 4.90 Å². The molecule has 1 fully saturated rings. The number of nitrogens with zero attached hydrogens (tertiary/aromatic N) is 2. The standard InChI is InChI=1S/C19H22ClFN2O3S/c1-2-26-17-6-3-15(4-7-17)14-22-9-11-23(12-10-22)27(24,25)19-8-5-16(20)13-18(19)21/h3-8,13H,2,9-12,14H2,1H3. The molecule has 5 nitrogen and oxygen atoms in total. The molecule has 2 aromatic carbocycles. The Labute approximate surface area is 164 Å². The minimum atomic E-state index is -3.86. The van der Waals surface area contributed by atoms with E-state index in [1.165, 1.54) is 16.4 Å². The third kappa shape index (κ3) is 4.79. The number of rotatable bonds is 6. The summed E-state index contributed by atoms with van der Waals surface area (Å²) >= 11 is 5.71. The van der Waals surface area contributed by atoms with E-state index in [2.05, 4.69) is 4.90 Å². The number of ether oxygens (including phenoxy) is 1. The van der Waals surface area contributed by atoms with Gasteiger partial charge in [0.1, 0.15) is 16.5 Å². The Balaban J connectivity index is 1.61. The molecule has 1 aliphatic heterocycles. The molecule has 0 bridgehead atoms. The summed E-state index contributed by atoms with van der Waals surface area (Å²) in [4.78, 5) is 1.85. The van der Waals surface area contributed by atoms with Crippen LogP contribution in [0.2, 0.25) is 5.02 Å². The second-order valence-electron chi connectivity index (χ2n) is 6.33. The number of benzene rings is 2. The van der Waals surface area contributed by atoms with E-state index < -0.39 is 15.8 Å². The molecule has 0 radical (unpaired) electrons. The van der Waals surface area contributed by atoms with Crippen molar-refractivity contribution >= 4 is 21.6 Å². The Hall–Kier alpha value is -1.67. The lowest BCUT2D eigenvalue weighted by Gasteiger charge is -2.34. The fourth-order valence-corrected chi connectivity index (χ4v) is 4.69. The lowest BCUT2D eigenvalue weighted by atomic mass is 10.2. The summed E-state index contributed by atoms with van der Waals surface area (Å²) in [5.41, 5.74) is 1.14. The maximum atomic E-state index is 14.0. The third-order valence-electron chi connectivity index (χ3n) is 4.48. The number of sulfonamides is 1. The molecule has 0 atom stereocenters. The van der Waals surface area contributed by atoms with Crippen molar-refractivity contribution in [3.05, 3.63) is 58.9 Å². The molecule has 0 aliphatic carbocycles. The molecule has 1 heterocycles. The van der Waals surface area contributed by atoms with Crippen molar-refractivity contribution in [2.45, 2.75) is 18.4 Å². The summed E-state index contributed by atoms with van der Waals surface area (Å²) in [6.45, 7) is 5.11. The van der Waals surface area contributed by atoms with Crippen LogP contribution < -0.4 is 4.74 Å². The average Bonchev–Trinajstić information content (AvgIpc) is 2.64. The molecule has 0 N–H and O–H groups in total. The van der Waals surface area contributed by atoms with Crippen LogP contribution in [0, 0.1) is 5.82 Å². The molecular formula is C19H22ClFN2O3S. The summed E-state index contributed by atoms with van der Waals surface area (Å²) in [5.74, 6) is 0.0153. The van der Waals surface area contributed by atoms with E-state index >= 15 is 0 Å². The van der Waals surface area contributed by atoms with Crippen LogP contribution in [-0.2, 0) is 16.6 Å². The summed E-state index contributed by atoms with van der Waals surface area (Å²) in [5, 5.41) is 0.173. The number of piperazine rings is 1. The van der Waals surface area contributed by atoms with E-state index in [1.807, 2.05) is 31.2 Å². The second kappa shape index (κ2) is 8.56. The zero-order valence-electron chi connectivity index (χ0n) is 15.1. The minimum Gasteiger partial charge on any atom is -0.494 e. The third-order valence-corrected chi connectivity index (χ3v) is 6.65. The maximum Gasteiger partial charge on any atom is 0.246 e. The van der Waals surface area contributed by atoms with Gasteiger partial charge in [0.15, 0.2) is 0 Å². The van der Waals surface area contributed by atoms with Crippen molar-refractivity contribution in [2.24, 2.45) is 0 Å². The zero-order chi connectivity index (χ0) is 19.4. The quantitative estimate of drug-likeness (QED) is 0.729. The van der Waals surface area contributed by atoms with Crippen molar-refractivity contribution < 1.29 is 17.5 Å². The largest absolute Gasteiger partial charge is 0.494 e. The monoisotopic (exact) mass is 412 g/mol. The molecule has 3 rings (SSSR count). The lowest BCUT2D eigenvalue weighted by molar-refractivity contribution is 0.181. The van der Waals surface area contributed by atoms with Crippen molar-refractivity contribution in [1.29, 1.82) is 0 Å². The average molecular weight is 413 g/mol. The normalized spacial score (nSPS) is 16.4. The van der Waals surface area contributed by atoms with Gasteiger partial charge in [-0.1, -0.05) is 23.7 Å². The summed E-state index contributed by atoms with van der Waals surface area (Å²) < 4.78 is 46.2. The van der Waals surface area contributed by atoms with Crippen LogP contribution in [0.15, 0.2) is 47.4 Å². The van der Waals surface area contributed by atoms with Gasteiger partial charge < -0.3 is 4.74 Å². The van der Waals surface area contributed by atoms with Crippen molar-refractivity contribution in [2.75, 3.05) is 32.8 Å². The van der Waals surface area contributed by atoms with Gasteiger partial charge in [-0.25, -0.2) is 12.8 Å². The molecule has 0 aromatic heterocycles. The smallest absolute Gasteiger partial charge is 0.246 e.